The molecule has 15 heavy (non-hydrogen) atoms. The molecule has 1 nitrogen and oxygen atoms in total. The smallest absolute Gasteiger partial charge is 0.0894 e. The zero-order chi connectivity index (χ0) is 11.3. The van der Waals surface area contributed by atoms with Gasteiger partial charge >= 0.3 is 0 Å². The Hall–Kier alpha value is -0.110. The molecule has 1 aliphatic carbocycles. The zero-order valence-electron chi connectivity index (χ0n) is 10.5. The van der Waals surface area contributed by atoms with Crippen LogP contribution >= 0.6 is 0 Å². The number of likely N-dealkylation sites (tertiary alicyclic amines) is 1. The van der Waals surface area contributed by atoms with Crippen LogP contribution in [0.2, 0.25) is 0 Å². The molecule has 0 aromatic rings. The first-order valence-electron chi connectivity index (χ1n) is 6.25. The summed E-state index contributed by atoms with van der Waals surface area (Å²) in [5.74, 6) is 0. The summed E-state index contributed by atoms with van der Waals surface area (Å²) in [7, 11) is 0. The molecular formula is C13H24FN. The van der Waals surface area contributed by atoms with Crippen LogP contribution in [0.15, 0.2) is 0 Å². The van der Waals surface area contributed by atoms with Crippen molar-refractivity contribution in [3.8, 4) is 0 Å². The van der Waals surface area contributed by atoms with Gasteiger partial charge in [-0.15, -0.1) is 0 Å². The predicted octanol–water partition coefficient (Wildman–Crippen LogP) is 3.39. The first-order valence-corrected chi connectivity index (χ1v) is 6.25. The molecule has 0 bridgehead atoms. The lowest BCUT2D eigenvalue weighted by atomic mass is 9.95. The monoisotopic (exact) mass is 213 g/mol. The van der Waals surface area contributed by atoms with Crippen LogP contribution in [0.3, 0.4) is 0 Å². The second kappa shape index (κ2) is 3.44. The maximum absolute atomic E-state index is 12.2. The maximum atomic E-state index is 12.2. The molecule has 0 spiro atoms. The number of hydrogen-bond donors (Lipinski definition) is 0. The van der Waals surface area contributed by atoms with E-state index in [2.05, 4.69) is 32.6 Å². The number of piperidine rings is 1. The Morgan fingerprint density at radius 2 is 2.00 bits per heavy atom. The van der Waals surface area contributed by atoms with Gasteiger partial charge in [0.1, 0.15) is 0 Å². The molecule has 2 fully saturated rings. The molecule has 3 atom stereocenters. The third-order valence-corrected chi connectivity index (χ3v) is 4.24. The molecule has 1 saturated heterocycles. The molecule has 88 valence electrons. The Morgan fingerprint density at radius 3 is 2.47 bits per heavy atom. The van der Waals surface area contributed by atoms with Crippen molar-refractivity contribution in [2.24, 2.45) is 5.41 Å². The van der Waals surface area contributed by atoms with Gasteiger partial charge < -0.3 is 0 Å². The molecule has 2 aliphatic rings. The van der Waals surface area contributed by atoms with Crippen LogP contribution < -0.4 is 0 Å². The largest absolute Gasteiger partial charge is 0.292 e. The topological polar surface area (TPSA) is 3.24 Å². The number of alkyl halides is 1. The summed E-state index contributed by atoms with van der Waals surface area (Å²) in [5, 5.41) is 0. The van der Waals surface area contributed by atoms with E-state index in [0.717, 1.165) is 18.9 Å². The highest BCUT2D eigenvalue weighted by atomic mass is 19.1. The second-order valence-corrected chi connectivity index (χ2v) is 6.51. The average molecular weight is 213 g/mol. The molecular weight excluding hydrogens is 189 g/mol. The van der Waals surface area contributed by atoms with Crippen molar-refractivity contribution in [3.63, 3.8) is 0 Å². The van der Waals surface area contributed by atoms with Crippen molar-refractivity contribution in [1.29, 1.82) is 0 Å². The van der Waals surface area contributed by atoms with E-state index in [9.17, 15) is 4.39 Å². The van der Waals surface area contributed by atoms with Gasteiger partial charge in [-0.25, -0.2) is 0 Å². The van der Waals surface area contributed by atoms with E-state index in [0.29, 0.717) is 11.5 Å². The molecule has 2 heteroatoms. The van der Waals surface area contributed by atoms with Gasteiger partial charge in [0, 0.05) is 17.6 Å². The van der Waals surface area contributed by atoms with Gasteiger partial charge in [-0.3, -0.25) is 9.29 Å². The summed E-state index contributed by atoms with van der Waals surface area (Å²) in [6.07, 6.45) is 4.47. The number of fused-ring (bicyclic) bond motifs is 1. The van der Waals surface area contributed by atoms with E-state index in [1.165, 1.54) is 12.8 Å². The SMILES string of the molecule is C[C@@H]1C[C@@]2(CCCF)C[C@H]2N1C(C)(C)C. The fraction of sp³-hybridized carbons (Fsp3) is 1.00. The Balaban J connectivity index is 2.03. The van der Waals surface area contributed by atoms with Crippen LogP contribution in [0, 0.1) is 5.41 Å². The third-order valence-electron chi connectivity index (χ3n) is 4.24. The van der Waals surface area contributed by atoms with Crippen LogP contribution in [0.4, 0.5) is 4.39 Å². The summed E-state index contributed by atoms with van der Waals surface area (Å²) < 4.78 is 12.2. The highest BCUT2D eigenvalue weighted by molar-refractivity contribution is 5.17. The van der Waals surface area contributed by atoms with E-state index >= 15 is 0 Å². The lowest BCUT2D eigenvalue weighted by molar-refractivity contribution is 0.104. The van der Waals surface area contributed by atoms with Gasteiger partial charge in [0.05, 0.1) is 6.67 Å². The highest BCUT2D eigenvalue weighted by Crippen LogP contribution is 2.63. The van der Waals surface area contributed by atoms with Crippen molar-refractivity contribution < 1.29 is 4.39 Å². The minimum atomic E-state index is -0.141. The molecule has 0 amide bonds. The highest BCUT2D eigenvalue weighted by Gasteiger charge is 2.64. The van der Waals surface area contributed by atoms with Crippen LogP contribution in [0.1, 0.15) is 53.4 Å². The standard InChI is InChI=1S/C13H24FN/c1-10-8-13(6-5-7-14)9-11(13)15(10)12(2,3)4/h10-11H,5-9H2,1-4H3/t10-,11-,13+/m1/s1. The Labute approximate surface area is 93.0 Å². The second-order valence-electron chi connectivity index (χ2n) is 6.51. The third kappa shape index (κ3) is 1.82. The van der Waals surface area contributed by atoms with Crippen LogP contribution in [0.25, 0.3) is 0 Å². The fourth-order valence-electron chi connectivity index (χ4n) is 3.85. The van der Waals surface area contributed by atoms with E-state index in [4.69, 9.17) is 0 Å². The van der Waals surface area contributed by atoms with Crippen molar-refractivity contribution in [2.45, 2.75) is 71.0 Å². The van der Waals surface area contributed by atoms with Crippen LogP contribution in [-0.2, 0) is 0 Å². The molecule has 0 aromatic heterocycles. The van der Waals surface area contributed by atoms with Gasteiger partial charge in [-0.05, 0) is 58.8 Å². The van der Waals surface area contributed by atoms with Gasteiger partial charge in [0.15, 0.2) is 0 Å². The molecule has 0 unspecified atom stereocenters. The summed E-state index contributed by atoms with van der Waals surface area (Å²) in [4.78, 5) is 2.66. The van der Waals surface area contributed by atoms with Crippen LogP contribution in [-0.4, -0.2) is 29.2 Å². The lowest BCUT2D eigenvalue weighted by Crippen LogP contribution is -2.45. The molecule has 0 radical (unpaired) electrons. The quantitative estimate of drug-likeness (QED) is 0.694. The van der Waals surface area contributed by atoms with E-state index < -0.39 is 0 Å². The molecule has 2 rings (SSSR count). The van der Waals surface area contributed by atoms with Gasteiger partial charge in [0.2, 0.25) is 0 Å². The maximum Gasteiger partial charge on any atom is 0.0894 e. The Kier molecular flexibility index (Phi) is 2.61. The van der Waals surface area contributed by atoms with E-state index in [1.54, 1.807) is 0 Å². The van der Waals surface area contributed by atoms with E-state index in [1.807, 2.05) is 0 Å². The summed E-state index contributed by atoms with van der Waals surface area (Å²) in [6, 6.07) is 1.43. The molecule has 1 aliphatic heterocycles. The predicted molar refractivity (Wildman–Crippen MR) is 61.7 cm³/mol. The first-order chi connectivity index (χ1) is 6.91. The molecule has 0 N–H and O–H groups in total. The zero-order valence-corrected chi connectivity index (χ0v) is 10.5. The van der Waals surface area contributed by atoms with Crippen molar-refractivity contribution >= 4 is 0 Å². The van der Waals surface area contributed by atoms with Crippen molar-refractivity contribution in [2.75, 3.05) is 6.67 Å². The Morgan fingerprint density at radius 1 is 1.33 bits per heavy atom. The summed E-state index contributed by atoms with van der Waals surface area (Å²) >= 11 is 0. The van der Waals surface area contributed by atoms with Gasteiger partial charge in [0.25, 0.3) is 0 Å². The minimum Gasteiger partial charge on any atom is -0.292 e. The molecule has 1 heterocycles. The number of halogens is 1. The molecule has 0 aromatic carbocycles. The Bertz CT molecular complexity index is 245. The molecule has 1 saturated carbocycles. The van der Waals surface area contributed by atoms with Gasteiger partial charge in [-0.2, -0.15) is 0 Å². The first kappa shape index (κ1) is 11.4. The average Bonchev–Trinajstić information content (AvgIpc) is 2.67. The summed E-state index contributed by atoms with van der Waals surface area (Å²) in [6.45, 7) is 9.08. The van der Waals surface area contributed by atoms with Crippen LogP contribution in [0.5, 0.6) is 0 Å². The minimum absolute atomic E-state index is 0.141. The van der Waals surface area contributed by atoms with Crippen molar-refractivity contribution in [1.82, 2.24) is 4.90 Å². The van der Waals surface area contributed by atoms with Gasteiger partial charge in [-0.1, -0.05) is 0 Å². The fourth-order valence-corrected chi connectivity index (χ4v) is 3.85. The summed E-state index contributed by atoms with van der Waals surface area (Å²) in [5.41, 5.74) is 0.775. The number of rotatable bonds is 3. The normalized spacial score (nSPS) is 40.6. The lowest BCUT2D eigenvalue weighted by Gasteiger charge is -2.37. The number of nitrogens with zero attached hydrogens (tertiary/aromatic N) is 1. The van der Waals surface area contributed by atoms with E-state index in [-0.39, 0.29) is 12.2 Å². The van der Waals surface area contributed by atoms with Crippen molar-refractivity contribution in [3.05, 3.63) is 0 Å². The number of hydrogen-bond acceptors (Lipinski definition) is 1.